The highest BCUT2D eigenvalue weighted by molar-refractivity contribution is 5.88. The van der Waals surface area contributed by atoms with E-state index in [1.807, 2.05) is 30.3 Å². The van der Waals surface area contributed by atoms with Gasteiger partial charge in [0.2, 0.25) is 0 Å². The Labute approximate surface area is 189 Å². The molecule has 1 aliphatic rings. The molecule has 0 amide bonds. The number of piperazine rings is 1. The maximum Gasteiger partial charge on any atom is 0.343 e. The molecule has 0 atom stereocenters. The lowest BCUT2D eigenvalue weighted by molar-refractivity contribution is -0.142. The van der Waals surface area contributed by atoms with Crippen LogP contribution in [0.1, 0.15) is 11.1 Å². The van der Waals surface area contributed by atoms with E-state index in [9.17, 15) is 4.79 Å². The molecule has 1 heterocycles. The van der Waals surface area contributed by atoms with Crippen molar-refractivity contribution >= 4 is 22.8 Å². The van der Waals surface area contributed by atoms with Gasteiger partial charge >= 0.3 is 5.97 Å². The van der Waals surface area contributed by atoms with Crippen LogP contribution in [0.25, 0.3) is 16.8 Å². The molecule has 32 heavy (non-hydrogen) atoms. The number of ether oxygens (including phenoxy) is 2. The number of carbonyl (C=O) groups excluding carboxylic acids is 1. The first-order chi connectivity index (χ1) is 15.7. The Morgan fingerprint density at radius 1 is 0.906 bits per heavy atom. The third-order valence-electron chi connectivity index (χ3n) is 5.89. The Hall–Kier alpha value is -3.15. The van der Waals surface area contributed by atoms with Crippen LogP contribution in [0.15, 0.2) is 72.8 Å². The standard InChI is InChI=1S/C27H30N2O3/c1-31-27(30)21-32-26-14-13-23-11-5-6-12-24(23)25(26)20-29-18-16-28(17-19-29)15-7-10-22-8-3-2-4-9-22/h2-14H,15-21H2,1H3/b10-7+. The van der Waals surface area contributed by atoms with Gasteiger partial charge in [-0.25, -0.2) is 4.79 Å². The van der Waals surface area contributed by atoms with E-state index < -0.39 is 0 Å². The Morgan fingerprint density at radius 3 is 2.41 bits per heavy atom. The molecule has 0 aromatic heterocycles. The van der Waals surface area contributed by atoms with Crippen molar-refractivity contribution in [2.45, 2.75) is 6.54 Å². The van der Waals surface area contributed by atoms with E-state index >= 15 is 0 Å². The second-order valence-electron chi connectivity index (χ2n) is 8.02. The monoisotopic (exact) mass is 430 g/mol. The van der Waals surface area contributed by atoms with E-state index in [0.29, 0.717) is 0 Å². The van der Waals surface area contributed by atoms with Crippen molar-refractivity contribution in [3.8, 4) is 5.75 Å². The van der Waals surface area contributed by atoms with Crippen molar-refractivity contribution in [1.29, 1.82) is 0 Å². The lowest BCUT2D eigenvalue weighted by Crippen LogP contribution is -2.45. The first-order valence-corrected chi connectivity index (χ1v) is 11.1. The lowest BCUT2D eigenvalue weighted by atomic mass is 10.0. The number of hydrogen-bond acceptors (Lipinski definition) is 5. The van der Waals surface area contributed by atoms with Gasteiger partial charge in [0.15, 0.2) is 6.61 Å². The number of carbonyl (C=O) groups is 1. The van der Waals surface area contributed by atoms with Crippen LogP contribution >= 0.6 is 0 Å². The molecular formula is C27H30N2O3. The van der Waals surface area contributed by atoms with Crippen LogP contribution in [0.5, 0.6) is 5.75 Å². The molecule has 0 N–H and O–H groups in total. The molecule has 0 radical (unpaired) electrons. The number of fused-ring (bicyclic) bond motifs is 1. The first kappa shape index (κ1) is 22.1. The molecule has 1 aliphatic heterocycles. The van der Waals surface area contributed by atoms with Crippen LogP contribution in [0.2, 0.25) is 0 Å². The summed E-state index contributed by atoms with van der Waals surface area (Å²) < 4.78 is 10.6. The van der Waals surface area contributed by atoms with Gasteiger partial charge in [0, 0.05) is 44.8 Å². The van der Waals surface area contributed by atoms with Crippen LogP contribution < -0.4 is 4.74 Å². The summed E-state index contributed by atoms with van der Waals surface area (Å²) in [6, 6.07) is 22.8. The Bertz CT molecular complexity index is 1060. The minimum Gasteiger partial charge on any atom is -0.482 e. The van der Waals surface area contributed by atoms with E-state index in [2.05, 4.69) is 58.4 Å². The van der Waals surface area contributed by atoms with Crippen molar-refractivity contribution in [2.75, 3.05) is 46.4 Å². The second-order valence-corrected chi connectivity index (χ2v) is 8.02. The van der Waals surface area contributed by atoms with Crippen LogP contribution in [-0.4, -0.2) is 62.2 Å². The molecular weight excluding hydrogens is 400 g/mol. The lowest BCUT2D eigenvalue weighted by Gasteiger charge is -2.34. The van der Waals surface area contributed by atoms with E-state index in [4.69, 9.17) is 9.47 Å². The highest BCUT2D eigenvalue weighted by Gasteiger charge is 2.19. The highest BCUT2D eigenvalue weighted by atomic mass is 16.6. The van der Waals surface area contributed by atoms with E-state index in [1.165, 1.54) is 23.4 Å². The van der Waals surface area contributed by atoms with E-state index in [0.717, 1.165) is 50.6 Å². The molecule has 0 bridgehead atoms. The fourth-order valence-corrected chi connectivity index (χ4v) is 4.07. The van der Waals surface area contributed by atoms with Gasteiger partial charge in [0.25, 0.3) is 0 Å². The van der Waals surface area contributed by atoms with Gasteiger partial charge < -0.3 is 9.47 Å². The van der Waals surface area contributed by atoms with Gasteiger partial charge in [-0.05, 0) is 22.4 Å². The quantitative estimate of drug-likeness (QED) is 0.501. The third kappa shape index (κ3) is 5.75. The number of benzene rings is 3. The van der Waals surface area contributed by atoms with E-state index in [-0.39, 0.29) is 12.6 Å². The SMILES string of the molecule is COC(=O)COc1ccc2ccccc2c1CN1CCN(C/C=C/c2ccccc2)CC1. The maximum atomic E-state index is 11.6. The molecule has 5 nitrogen and oxygen atoms in total. The molecule has 1 fully saturated rings. The molecule has 1 saturated heterocycles. The van der Waals surface area contributed by atoms with Gasteiger partial charge in [-0.1, -0.05) is 72.8 Å². The summed E-state index contributed by atoms with van der Waals surface area (Å²) in [5.74, 6) is 0.378. The molecule has 3 aromatic carbocycles. The predicted octanol–water partition coefficient (Wildman–Crippen LogP) is 4.22. The molecule has 5 heteroatoms. The maximum absolute atomic E-state index is 11.6. The second kappa shape index (κ2) is 10.9. The number of esters is 1. The fraction of sp³-hybridized carbons (Fsp3) is 0.296. The van der Waals surface area contributed by atoms with Crippen molar-refractivity contribution in [2.24, 2.45) is 0 Å². The van der Waals surface area contributed by atoms with Gasteiger partial charge in [-0.3, -0.25) is 9.80 Å². The Morgan fingerprint density at radius 2 is 1.62 bits per heavy atom. The molecule has 4 rings (SSSR count). The summed E-state index contributed by atoms with van der Waals surface area (Å²) in [6.07, 6.45) is 4.43. The number of nitrogens with zero attached hydrogens (tertiary/aromatic N) is 2. The van der Waals surface area contributed by atoms with Crippen LogP contribution in [0, 0.1) is 0 Å². The van der Waals surface area contributed by atoms with Crippen LogP contribution in [0.3, 0.4) is 0 Å². The molecule has 0 unspecified atom stereocenters. The Kier molecular flexibility index (Phi) is 7.54. The molecule has 0 aliphatic carbocycles. The zero-order chi connectivity index (χ0) is 22.2. The van der Waals surface area contributed by atoms with Gasteiger partial charge in [0.05, 0.1) is 7.11 Å². The predicted molar refractivity (Wildman–Crippen MR) is 129 cm³/mol. The van der Waals surface area contributed by atoms with Crippen molar-refractivity contribution < 1.29 is 14.3 Å². The van der Waals surface area contributed by atoms with Crippen molar-refractivity contribution in [1.82, 2.24) is 9.80 Å². The molecule has 166 valence electrons. The summed E-state index contributed by atoms with van der Waals surface area (Å²) >= 11 is 0. The van der Waals surface area contributed by atoms with Crippen molar-refractivity contribution in [3.63, 3.8) is 0 Å². The number of methoxy groups -OCH3 is 1. The summed E-state index contributed by atoms with van der Waals surface area (Å²) in [4.78, 5) is 16.5. The zero-order valence-electron chi connectivity index (χ0n) is 18.6. The molecule has 3 aromatic rings. The average molecular weight is 431 g/mol. The van der Waals surface area contributed by atoms with Gasteiger partial charge in [-0.2, -0.15) is 0 Å². The summed E-state index contributed by atoms with van der Waals surface area (Å²) in [5, 5.41) is 2.35. The normalized spacial score (nSPS) is 15.3. The fourth-order valence-electron chi connectivity index (χ4n) is 4.07. The third-order valence-corrected chi connectivity index (χ3v) is 5.89. The van der Waals surface area contributed by atoms with Crippen LogP contribution in [0.4, 0.5) is 0 Å². The molecule has 0 spiro atoms. The summed E-state index contributed by atoms with van der Waals surface area (Å²) in [7, 11) is 1.38. The topological polar surface area (TPSA) is 42.0 Å². The summed E-state index contributed by atoms with van der Waals surface area (Å²) in [6.45, 7) is 5.74. The largest absolute Gasteiger partial charge is 0.482 e. The number of hydrogen-bond donors (Lipinski definition) is 0. The van der Waals surface area contributed by atoms with Gasteiger partial charge in [0.1, 0.15) is 5.75 Å². The summed E-state index contributed by atoms with van der Waals surface area (Å²) in [5.41, 5.74) is 2.37. The first-order valence-electron chi connectivity index (χ1n) is 11.1. The minimum absolute atomic E-state index is 0.0800. The van der Waals surface area contributed by atoms with Gasteiger partial charge in [-0.15, -0.1) is 0 Å². The highest BCUT2D eigenvalue weighted by Crippen LogP contribution is 2.30. The minimum atomic E-state index is -0.374. The average Bonchev–Trinajstić information content (AvgIpc) is 2.85. The molecule has 0 saturated carbocycles. The van der Waals surface area contributed by atoms with Crippen molar-refractivity contribution in [3.05, 3.63) is 83.9 Å². The number of rotatable bonds is 8. The van der Waals surface area contributed by atoms with E-state index in [1.54, 1.807) is 0 Å². The van der Waals surface area contributed by atoms with Crippen LogP contribution in [-0.2, 0) is 16.1 Å². The Balaban J connectivity index is 1.39. The smallest absolute Gasteiger partial charge is 0.343 e. The zero-order valence-corrected chi connectivity index (χ0v) is 18.6.